The van der Waals surface area contributed by atoms with Crippen LogP contribution in [0.4, 0.5) is 4.39 Å². The molecule has 0 aliphatic rings. The van der Waals surface area contributed by atoms with Gasteiger partial charge in [0, 0.05) is 31.1 Å². The van der Waals surface area contributed by atoms with Gasteiger partial charge in [-0.05, 0) is 124 Å². The number of hydrogen-bond acceptors (Lipinski definition) is 4. The fourth-order valence-corrected chi connectivity index (χ4v) is 6.14. The fraction of sp³-hybridized carbons (Fsp3) is 0.472. The van der Waals surface area contributed by atoms with Crippen LogP contribution in [0, 0.1) is 46.4 Å². The second kappa shape index (κ2) is 14.3. The van der Waals surface area contributed by atoms with Gasteiger partial charge < -0.3 is 14.6 Å². The van der Waals surface area contributed by atoms with Gasteiger partial charge in [-0.25, -0.2) is 4.39 Å². The monoisotopic (exact) mass is 590 g/mol. The molecule has 7 heteroatoms. The number of benzene rings is 2. The van der Waals surface area contributed by atoms with Gasteiger partial charge in [0.2, 0.25) is 0 Å². The molecule has 2 atom stereocenters. The molecule has 0 aliphatic carbocycles. The minimum atomic E-state index is -1.11. The molecule has 0 saturated carbocycles. The van der Waals surface area contributed by atoms with E-state index >= 15 is 4.39 Å². The number of aryl methyl sites for hydroxylation is 5. The first-order valence-corrected chi connectivity index (χ1v) is 15.1. The van der Waals surface area contributed by atoms with Crippen LogP contribution >= 0.6 is 0 Å². The second-order valence-electron chi connectivity index (χ2n) is 12.9. The van der Waals surface area contributed by atoms with Crippen molar-refractivity contribution in [1.82, 2.24) is 9.47 Å². The van der Waals surface area contributed by atoms with Crippen LogP contribution in [0.25, 0.3) is 11.1 Å². The van der Waals surface area contributed by atoms with E-state index in [0.29, 0.717) is 12.0 Å². The first-order chi connectivity index (χ1) is 20.1. The van der Waals surface area contributed by atoms with Crippen LogP contribution in [0.2, 0.25) is 0 Å². The van der Waals surface area contributed by atoms with E-state index in [0.717, 1.165) is 51.9 Å². The highest BCUT2D eigenvalue weighted by Gasteiger charge is 2.30. The number of halogens is 1. The molecular formula is C36H47FN2O4. The van der Waals surface area contributed by atoms with Crippen LogP contribution in [0.1, 0.15) is 84.0 Å². The first kappa shape index (κ1) is 33.9. The van der Waals surface area contributed by atoms with Gasteiger partial charge in [0.25, 0.3) is 5.56 Å². The number of carboxylic acids is 1. The zero-order valence-corrected chi connectivity index (χ0v) is 27.2. The summed E-state index contributed by atoms with van der Waals surface area (Å²) in [6, 6.07) is 8.42. The maximum atomic E-state index is 15.8. The molecule has 3 aromatic rings. The Labute approximate surface area is 255 Å². The number of aliphatic carboxylic acids is 1. The highest BCUT2D eigenvalue weighted by molar-refractivity contribution is 5.84. The standard InChI is InChI=1S/C36H47FN2O4/c1-21(2)12-31(39-20-27(10-11-38(8)9)23(4)16-33(39)41)32(40)18-28(19-34(42)43)30-17-29(15-26(7)36(30)37)35-24(5)13-22(3)14-25(35)6/h13-17,20-21,28,31H,10-12,18-19H2,1-9H3,(H,42,43)/t28-,31?/m0/s1. The highest BCUT2D eigenvalue weighted by atomic mass is 19.1. The molecule has 0 fully saturated rings. The molecular weight excluding hydrogens is 543 g/mol. The zero-order chi connectivity index (χ0) is 32.2. The molecule has 6 nitrogen and oxygen atoms in total. The maximum Gasteiger partial charge on any atom is 0.303 e. The molecule has 0 spiro atoms. The van der Waals surface area contributed by atoms with Gasteiger partial charge in [-0.2, -0.15) is 0 Å². The predicted octanol–water partition coefficient (Wildman–Crippen LogP) is 7.11. The summed E-state index contributed by atoms with van der Waals surface area (Å²) in [6.45, 7) is 14.4. The molecule has 0 saturated heterocycles. The topological polar surface area (TPSA) is 79.6 Å². The van der Waals surface area contributed by atoms with Crippen molar-refractivity contribution in [3.8, 4) is 11.1 Å². The average Bonchev–Trinajstić information content (AvgIpc) is 2.87. The zero-order valence-electron chi connectivity index (χ0n) is 27.2. The van der Waals surface area contributed by atoms with E-state index in [9.17, 15) is 19.5 Å². The minimum Gasteiger partial charge on any atom is -0.481 e. The Kier molecular flexibility index (Phi) is 11.2. The van der Waals surface area contributed by atoms with Crippen LogP contribution in [0.5, 0.6) is 0 Å². The quantitative estimate of drug-likeness (QED) is 0.230. The largest absolute Gasteiger partial charge is 0.481 e. The van der Waals surface area contributed by atoms with Crippen LogP contribution in [-0.4, -0.2) is 47.0 Å². The molecule has 232 valence electrons. The molecule has 1 N–H and O–H groups in total. The van der Waals surface area contributed by atoms with Gasteiger partial charge in [0.1, 0.15) is 5.82 Å². The Morgan fingerprint density at radius 3 is 2.09 bits per heavy atom. The van der Waals surface area contributed by atoms with Crippen molar-refractivity contribution in [2.24, 2.45) is 5.92 Å². The smallest absolute Gasteiger partial charge is 0.303 e. The van der Waals surface area contributed by atoms with E-state index in [1.807, 2.05) is 55.6 Å². The molecule has 0 bridgehead atoms. The van der Waals surface area contributed by atoms with Gasteiger partial charge in [-0.1, -0.05) is 31.5 Å². The van der Waals surface area contributed by atoms with Crippen molar-refractivity contribution in [2.75, 3.05) is 20.6 Å². The summed E-state index contributed by atoms with van der Waals surface area (Å²) in [6.07, 6.45) is 2.33. The normalized spacial score (nSPS) is 13.0. The predicted molar refractivity (Wildman–Crippen MR) is 172 cm³/mol. The van der Waals surface area contributed by atoms with Crippen LogP contribution < -0.4 is 5.56 Å². The molecule has 3 rings (SSSR count). The van der Waals surface area contributed by atoms with E-state index in [2.05, 4.69) is 17.0 Å². The van der Waals surface area contributed by atoms with Crippen molar-refractivity contribution in [1.29, 1.82) is 0 Å². The lowest BCUT2D eigenvalue weighted by Crippen LogP contribution is -2.32. The average molecular weight is 591 g/mol. The lowest BCUT2D eigenvalue weighted by atomic mass is 9.83. The van der Waals surface area contributed by atoms with Crippen molar-refractivity contribution >= 4 is 11.8 Å². The first-order valence-electron chi connectivity index (χ1n) is 15.1. The fourth-order valence-electron chi connectivity index (χ4n) is 6.14. The third-order valence-corrected chi connectivity index (χ3v) is 8.18. The van der Waals surface area contributed by atoms with Gasteiger partial charge in [-0.3, -0.25) is 14.4 Å². The second-order valence-corrected chi connectivity index (χ2v) is 12.9. The number of pyridine rings is 1. The molecule has 0 radical (unpaired) electrons. The summed E-state index contributed by atoms with van der Waals surface area (Å²) >= 11 is 0. The van der Waals surface area contributed by atoms with Crippen LogP contribution in [0.15, 0.2) is 41.3 Å². The van der Waals surface area contributed by atoms with Gasteiger partial charge in [0.05, 0.1) is 12.5 Å². The number of hydrogen-bond donors (Lipinski definition) is 1. The summed E-state index contributed by atoms with van der Waals surface area (Å²) in [7, 11) is 3.96. The van der Waals surface area contributed by atoms with Crippen molar-refractivity contribution in [2.45, 2.75) is 86.1 Å². The Balaban J connectivity index is 2.10. The molecule has 2 aromatic carbocycles. The van der Waals surface area contributed by atoms with Crippen molar-refractivity contribution in [3.63, 3.8) is 0 Å². The summed E-state index contributed by atoms with van der Waals surface area (Å²) in [5.74, 6) is -2.67. The van der Waals surface area contributed by atoms with E-state index < -0.39 is 30.2 Å². The molecule has 1 unspecified atom stereocenters. The number of carboxylic acid groups (broad SMARTS) is 1. The maximum absolute atomic E-state index is 15.8. The van der Waals surface area contributed by atoms with Gasteiger partial charge in [0.15, 0.2) is 5.78 Å². The lowest BCUT2D eigenvalue weighted by molar-refractivity contribution is -0.137. The minimum absolute atomic E-state index is 0.0973. The van der Waals surface area contributed by atoms with Crippen molar-refractivity contribution in [3.05, 3.63) is 91.6 Å². The van der Waals surface area contributed by atoms with Crippen LogP contribution in [0.3, 0.4) is 0 Å². The number of likely N-dealkylation sites (N-methyl/N-ethyl adjacent to an activating group) is 1. The highest BCUT2D eigenvalue weighted by Crippen LogP contribution is 2.36. The number of ketones is 1. The summed E-state index contributed by atoms with van der Waals surface area (Å²) in [4.78, 5) is 41.4. The Hall–Kier alpha value is -3.58. The molecule has 0 aliphatic heterocycles. The van der Waals surface area contributed by atoms with E-state index in [-0.39, 0.29) is 29.2 Å². The summed E-state index contributed by atoms with van der Waals surface area (Å²) in [5.41, 5.74) is 7.19. The molecule has 1 heterocycles. The van der Waals surface area contributed by atoms with Gasteiger partial charge in [-0.15, -0.1) is 0 Å². The van der Waals surface area contributed by atoms with Crippen molar-refractivity contribution < 1.29 is 19.1 Å². The summed E-state index contributed by atoms with van der Waals surface area (Å²) < 4.78 is 17.3. The van der Waals surface area contributed by atoms with Gasteiger partial charge >= 0.3 is 5.97 Å². The Morgan fingerprint density at radius 2 is 1.53 bits per heavy atom. The number of aromatic nitrogens is 1. The third kappa shape index (κ3) is 8.50. The number of nitrogens with zero attached hydrogens (tertiary/aromatic N) is 2. The molecule has 43 heavy (non-hydrogen) atoms. The number of Topliss-reactive ketones (excluding diaryl/α,β-unsaturated/α-hetero) is 1. The van der Waals surface area contributed by atoms with E-state index in [1.54, 1.807) is 31.3 Å². The Bertz CT molecular complexity index is 1530. The van der Waals surface area contributed by atoms with E-state index in [1.165, 1.54) is 4.57 Å². The Morgan fingerprint density at radius 1 is 0.907 bits per heavy atom. The molecule has 1 aromatic heterocycles. The number of rotatable bonds is 13. The lowest BCUT2D eigenvalue weighted by Gasteiger charge is -2.25. The number of carbonyl (C=O) groups excluding carboxylic acids is 1. The SMILES string of the molecule is Cc1cc(C)c(-c2cc(C)c(F)c([C@H](CC(=O)O)CC(=O)C(CC(C)C)n3cc(CCN(C)C)c(C)cc3=O)c2)c(C)c1. The third-order valence-electron chi connectivity index (χ3n) is 8.18. The molecule has 0 amide bonds. The van der Waals surface area contributed by atoms with Crippen LogP contribution in [-0.2, 0) is 16.0 Å². The summed E-state index contributed by atoms with van der Waals surface area (Å²) in [5, 5.41) is 9.85. The van der Waals surface area contributed by atoms with E-state index in [4.69, 9.17) is 0 Å². The number of carbonyl (C=O) groups is 2.